The van der Waals surface area contributed by atoms with E-state index in [9.17, 15) is 9.59 Å². The molecule has 0 aromatic rings. The van der Waals surface area contributed by atoms with Crippen LogP contribution in [0.1, 0.15) is 78.1 Å². The second-order valence-electron chi connectivity index (χ2n) is 6.06. The molecule has 0 radical (unpaired) electrons. The van der Waals surface area contributed by atoms with E-state index in [0.717, 1.165) is 18.8 Å². The lowest BCUT2D eigenvalue weighted by Crippen LogP contribution is -2.14. The minimum Gasteiger partial charge on any atom is -0.481 e. The topological polar surface area (TPSA) is 74.6 Å². The molecule has 0 spiro atoms. The van der Waals surface area contributed by atoms with E-state index in [1.165, 1.54) is 25.7 Å². The molecule has 2 N–H and O–H groups in total. The molecule has 1 unspecified atom stereocenters. The van der Waals surface area contributed by atoms with Crippen LogP contribution in [0.5, 0.6) is 0 Å². The van der Waals surface area contributed by atoms with E-state index in [0.29, 0.717) is 19.3 Å². The van der Waals surface area contributed by atoms with Gasteiger partial charge in [-0.05, 0) is 25.2 Å². The number of aliphatic carboxylic acids is 2. The molecule has 0 rings (SSSR count). The number of carboxylic acid groups (broad SMARTS) is 2. The SMILES string of the molecule is CC(C)CCCCCCCC(CCCC(=O)O)C(=O)O. The van der Waals surface area contributed by atoms with Crippen molar-refractivity contribution in [2.75, 3.05) is 0 Å². The molecule has 1 atom stereocenters. The molecule has 0 fully saturated rings. The van der Waals surface area contributed by atoms with Crippen LogP contribution >= 0.6 is 0 Å². The maximum Gasteiger partial charge on any atom is 0.306 e. The van der Waals surface area contributed by atoms with E-state index in [1.807, 2.05) is 0 Å². The van der Waals surface area contributed by atoms with Gasteiger partial charge in [-0.3, -0.25) is 9.59 Å². The van der Waals surface area contributed by atoms with Crippen molar-refractivity contribution in [2.24, 2.45) is 11.8 Å². The smallest absolute Gasteiger partial charge is 0.306 e. The summed E-state index contributed by atoms with van der Waals surface area (Å²) >= 11 is 0. The molecule has 0 amide bonds. The summed E-state index contributed by atoms with van der Waals surface area (Å²) in [4.78, 5) is 21.5. The van der Waals surface area contributed by atoms with E-state index in [2.05, 4.69) is 13.8 Å². The highest BCUT2D eigenvalue weighted by atomic mass is 16.4. The Hall–Kier alpha value is -1.06. The van der Waals surface area contributed by atoms with Crippen LogP contribution in [0.4, 0.5) is 0 Å². The van der Waals surface area contributed by atoms with Gasteiger partial charge in [-0.1, -0.05) is 52.4 Å². The van der Waals surface area contributed by atoms with Gasteiger partial charge >= 0.3 is 11.9 Å². The van der Waals surface area contributed by atoms with Crippen LogP contribution in [0.2, 0.25) is 0 Å². The monoisotopic (exact) mass is 286 g/mol. The molecule has 4 heteroatoms. The van der Waals surface area contributed by atoms with Crippen LogP contribution in [0.3, 0.4) is 0 Å². The quantitative estimate of drug-likeness (QED) is 0.494. The Bertz CT molecular complexity index is 274. The van der Waals surface area contributed by atoms with Gasteiger partial charge in [-0.25, -0.2) is 0 Å². The van der Waals surface area contributed by atoms with Gasteiger partial charge in [0.05, 0.1) is 5.92 Å². The fourth-order valence-electron chi connectivity index (χ4n) is 2.36. The highest BCUT2D eigenvalue weighted by molar-refractivity contribution is 5.70. The lowest BCUT2D eigenvalue weighted by atomic mass is 9.95. The predicted molar refractivity (Wildman–Crippen MR) is 79.8 cm³/mol. The van der Waals surface area contributed by atoms with Gasteiger partial charge in [0.15, 0.2) is 0 Å². The number of carboxylic acids is 2. The number of rotatable bonds is 13. The molecule has 0 aliphatic heterocycles. The van der Waals surface area contributed by atoms with Crippen LogP contribution < -0.4 is 0 Å². The second-order valence-corrected chi connectivity index (χ2v) is 6.06. The Balaban J connectivity index is 3.60. The van der Waals surface area contributed by atoms with Crippen molar-refractivity contribution in [3.63, 3.8) is 0 Å². The van der Waals surface area contributed by atoms with Gasteiger partial charge in [-0.15, -0.1) is 0 Å². The normalized spacial score (nSPS) is 12.6. The Morgan fingerprint density at radius 2 is 1.30 bits per heavy atom. The fraction of sp³-hybridized carbons (Fsp3) is 0.875. The molecule has 0 heterocycles. The van der Waals surface area contributed by atoms with Crippen LogP contribution in [0.25, 0.3) is 0 Å². The van der Waals surface area contributed by atoms with Gasteiger partial charge in [-0.2, -0.15) is 0 Å². The second kappa shape index (κ2) is 11.7. The molecule has 0 aromatic heterocycles. The fourth-order valence-corrected chi connectivity index (χ4v) is 2.36. The van der Waals surface area contributed by atoms with Crippen LogP contribution in [0.15, 0.2) is 0 Å². The Morgan fingerprint density at radius 3 is 1.80 bits per heavy atom. The largest absolute Gasteiger partial charge is 0.481 e. The average molecular weight is 286 g/mol. The molecule has 0 aliphatic rings. The van der Waals surface area contributed by atoms with Crippen LogP contribution in [-0.2, 0) is 9.59 Å². The van der Waals surface area contributed by atoms with E-state index >= 15 is 0 Å². The predicted octanol–water partition coefficient (Wildman–Crippen LogP) is 4.33. The van der Waals surface area contributed by atoms with E-state index in [1.54, 1.807) is 0 Å². The van der Waals surface area contributed by atoms with Crippen molar-refractivity contribution < 1.29 is 19.8 Å². The summed E-state index contributed by atoms with van der Waals surface area (Å²) in [6, 6.07) is 0. The van der Waals surface area contributed by atoms with Crippen molar-refractivity contribution in [3.8, 4) is 0 Å². The summed E-state index contributed by atoms with van der Waals surface area (Å²) in [6.07, 6.45) is 8.65. The molecule has 4 nitrogen and oxygen atoms in total. The van der Waals surface area contributed by atoms with Crippen molar-refractivity contribution in [1.29, 1.82) is 0 Å². The van der Waals surface area contributed by atoms with Crippen LogP contribution in [-0.4, -0.2) is 22.2 Å². The first-order valence-electron chi connectivity index (χ1n) is 7.88. The molecule has 0 aromatic carbocycles. The minimum absolute atomic E-state index is 0.0684. The number of hydrogen-bond acceptors (Lipinski definition) is 2. The number of unbranched alkanes of at least 4 members (excludes halogenated alkanes) is 4. The average Bonchev–Trinajstić information content (AvgIpc) is 2.34. The van der Waals surface area contributed by atoms with E-state index in [4.69, 9.17) is 10.2 Å². The van der Waals surface area contributed by atoms with Gasteiger partial charge in [0.2, 0.25) is 0 Å². The van der Waals surface area contributed by atoms with Gasteiger partial charge in [0.1, 0.15) is 0 Å². The summed E-state index contributed by atoms with van der Waals surface area (Å²) in [6.45, 7) is 4.46. The van der Waals surface area contributed by atoms with Crippen molar-refractivity contribution in [2.45, 2.75) is 78.1 Å². The Kier molecular flexibility index (Phi) is 11.1. The third-order valence-electron chi connectivity index (χ3n) is 3.63. The molecular weight excluding hydrogens is 256 g/mol. The first kappa shape index (κ1) is 18.9. The zero-order valence-electron chi connectivity index (χ0n) is 12.9. The van der Waals surface area contributed by atoms with Crippen molar-refractivity contribution >= 4 is 11.9 Å². The molecule has 0 saturated heterocycles. The zero-order valence-corrected chi connectivity index (χ0v) is 12.9. The first-order valence-corrected chi connectivity index (χ1v) is 7.88. The zero-order chi connectivity index (χ0) is 15.4. The highest BCUT2D eigenvalue weighted by Gasteiger charge is 2.16. The molecule has 118 valence electrons. The first-order chi connectivity index (χ1) is 9.43. The molecule has 0 bridgehead atoms. The number of carbonyl (C=O) groups is 2. The van der Waals surface area contributed by atoms with Gasteiger partial charge in [0, 0.05) is 6.42 Å². The maximum atomic E-state index is 11.1. The van der Waals surface area contributed by atoms with E-state index < -0.39 is 11.9 Å². The Labute approximate surface area is 122 Å². The lowest BCUT2D eigenvalue weighted by Gasteiger charge is -2.11. The molecule has 0 aliphatic carbocycles. The number of hydrogen-bond donors (Lipinski definition) is 2. The summed E-state index contributed by atoms with van der Waals surface area (Å²) in [5.41, 5.74) is 0. The van der Waals surface area contributed by atoms with Crippen molar-refractivity contribution in [1.82, 2.24) is 0 Å². The summed E-state index contributed by atoms with van der Waals surface area (Å²) in [5.74, 6) is -1.24. The molecule has 0 saturated carbocycles. The minimum atomic E-state index is -0.848. The standard InChI is InChI=1S/C16H30O4/c1-13(2)9-6-4-3-5-7-10-14(16(19)20)11-8-12-15(17)18/h13-14H,3-12H2,1-2H3,(H,17,18)(H,19,20). The molecular formula is C16H30O4. The highest BCUT2D eigenvalue weighted by Crippen LogP contribution is 2.18. The van der Waals surface area contributed by atoms with Crippen LogP contribution in [0, 0.1) is 11.8 Å². The summed E-state index contributed by atoms with van der Waals surface area (Å²) < 4.78 is 0. The van der Waals surface area contributed by atoms with E-state index in [-0.39, 0.29) is 12.3 Å². The maximum absolute atomic E-state index is 11.1. The van der Waals surface area contributed by atoms with Crippen molar-refractivity contribution in [3.05, 3.63) is 0 Å². The Morgan fingerprint density at radius 1 is 0.800 bits per heavy atom. The van der Waals surface area contributed by atoms with Gasteiger partial charge < -0.3 is 10.2 Å². The summed E-state index contributed by atoms with van der Waals surface area (Å²) in [5, 5.41) is 17.6. The third kappa shape index (κ3) is 12.0. The summed E-state index contributed by atoms with van der Waals surface area (Å²) in [7, 11) is 0. The third-order valence-corrected chi connectivity index (χ3v) is 3.63. The lowest BCUT2D eigenvalue weighted by molar-refractivity contribution is -0.143. The van der Waals surface area contributed by atoms with Gasteiger partial charge in [0.25, 0.3) is 0 Å². The molecule has 20 heavy (non-hydrogen) atoms.